The van der Waals surface area contributed by atoms with E-state index in [9.17, 15) is 9.59 Å². The molecule has 1 heterocycles. The number of carbonyl (C=O) groups excluding carboxylic acids is 1. The number of carboxylic acids is 1. The summed E-state index contributed by atoms with van der Waals surface area (Å²) >= 11 is 0. The van der Waals surface area contributed by atoms with Crippen LogP contribution in [0, 0.1) is 6.92 Å². The predicted molar refractivity (Wildman–Crippen MR) is 80.4 cm³/mol. The maximum atomic E-state index is 11.6. The fourth-order valence-electron chi connectivity index (χ4n) is 1.81. The van der Waals surface area contributed by atoms with E-state index in [4.69, 9.17) is 9.84 Å². The monoisotopic (exact) mass is 301 g/mol. The minimum atomic E-state index is -1.01. The Bertz CT molecular complexity index is 704. The minimum absolute atomic E-state index is 0.103. The molecule has 0 aliphatic heterocycles. The first-order chi connectivity index (χ1) is 10.5. The SMILES string of the molecule is C=CCOC(=O)Nc1cc(C)nn1-c1ccc(C(=O)O)cc1. The van der Waals surface area contributed by atoms with Gasteiger partial charge in [0.15, 0.2) is 0 Å². The number of carboxylic acid groups (broad SMARTS) is 1. The summed E-state index contributed by atoms with van der Waals surface area (Å²) in [6.07, 6.45) is 0.843. The third-order valence-electron chi connectivity index (χ3n) is 2.75. The standard InChI is InChI=1S/C15H15N3O4/c1-3-8-22-15(21)16-13-9-10(2)17-18(13)12-6-4-11(5-7-12)14(19)20/h3-7,9H,1,8H2,2H3,(H,16,21)(H,19,20). The summed E-state index contributed by atoms with van der Waals surface area (Å²) in [6.45, 7) is 5.34. The Labute approximate surface area is 126 Å². The van der Waals surface area contributed by atoms with Crippen molar-refractivity contribution in [2.24, 2.45) is 0 Å². The number of nitrogens with zero attached hydrogens (tertiary/aromatic N) is 2. The van der Waals surface area contributed by atoms with Crippen LogP contribution in [0.1, 0.15) is 16.1 Å². The summed E-state index contributed by atoms with van der Waals surface area (Å²) in [6, 6.07) is 7.83. The van der Waals surface area contributed by atoms with Gasteiger partial charge in [0.2, 0.25) is 0 Å². The van der Waals surface area contributed by atoms with E-state index in [0.29, 0.717) is 17.2 Å². The van der Waals surface area contributed by atoms with Crippen molar-refractivity contribution in [3.05, 3.63) is 54.2 Å². The van der Waals surface area contributed by atoms with Crippen molar-refractivity contribution in [3.63, 3.8) is 0 Å². The molecule has 0 spiro atoms. The topological polar surface area (TPSA) is 93.5 Å². The number of rotatable bonds is 5. The van der Waals surface area contributed by atoms with Gasteiger partial charge in [0.05, 0.1) is 16.9 Å². The fourth-order valence-corrected chi connectivity index (χ4v) is 1.81. The number of hydrogen-bond acceptors (Lipinski definition) is 4. The number of benzene rings is 1. The molecule has 2 aromatic rings. The number of aryl methyl sites for hydroxylation is 1. The Balaban J connectivity index is 2.25. The van der Waals surface area contributed by atoms with Crippen molar-refractivity contribution in [2.45, 2.75) is 6.92 Å². The van der Waals surface area contributed by atoms with E-state index in [1.807, 2.05) is 0 Å². The van der Waals surface area contributed by atoms with Crippen LogP contribution in [0.3, 0.4) is 0 Å². The van der Waals surface area contributed by atoms with Gasteiger partial charge in [0, 0.05) is 6.07 Å². The van der Waals surface area contributed by atoms with Gasteiger partial charge >= 0.3 is 12.1 Å². The molecular formula is C15H15N3O4. The largest absolute Gasteiger partial charge is 0.478 e. The number of aromatic nitrogens is 2. The van der Waals surface area contributed by atoms with Crippen molar-refractivity contribution in [1.82, 2.24) is 9.78 Å². The van der Waals surface area contributed by atoms with E-state index in [0.717, 1.165) is 0 Å². The first kappa shape index (κ1) is 15.3. The summed E-state index contributed by atoms with van der Waals surface area (Å²) in [4.78, 5) is 22.5. The Hall–Kier alpha value is -3.09. The molecule has 0 saturated heterocycles. The highest BCUT2D eigenvalue weighted by molar-refractivity contribution is 5.88. The van der Waals surface area contributed by atoms with Gasteiger partial charge in [-0.05, 0) is 31.2 Å². The molecule has 0 unspecified atom stereocenters. The number of anilines is 1. The van der Waals surface area contributed by atoms with Crippen LogP contribution in [-0.2, 0) is 4.74 Å². The highest BCUT2D eigenvalue weighted by Crippen LogP contribution is 2.18. The molecule has 0 aliphatic rings. The third kappa shape index (κ3) is 3.51. The van der Waals surface area contributed by atoms with Crippen LogP contribution in [0.15, 0.2) is 43.0 Å². The number of aromatic carboxylic acids is 1. The molecule has 0 bridgehead atoms. The van der Waals surface area contributed by atoms with Crippen molar-refractivity contribution >= 4 is 17.9 Å². The molecule has 2 N–H and O–H groups in total. The second-order valence-corrected chi connectivity index (χ2v) is 4.45. The Kier molecular flexibility index (Phi) is 4.57. The van der Waals surface area contributed by atoms with Crippen molar-refractivity contribution in [3.8, 4) is 5.69 Å². The number of hydrogen-bond donors (Lipinski definition) is 2. The number of carbonyl (C=O) groups is 2. The quantitative estimate of drug-likeness (QED) is 0.828. The molecule has 7 nitrogen and oxygen atoms in total. The summed E-state index contributed by atoms with van der Waals surface area (Å²) in [5.74, 6) is -0.579. The molecule has 0 aliphatic carbocycles. The van der Waals surface area contributed by atoms with Gasteiger partial charge < -0.3 is 9.84 Å². The molecule has 1 aromatic carbocycles. The molecule has 2 rings (SSSR count). The van der Waals surface area contributed by atoms with Gasteiger partial charge in [-0.2, -0.15) is 5.10 Å². The van der Waals surface area contributed by atoms with Crippen LogP contribution in [0.2, 0.25) is 0 Å². The molecule has 7 heteroatoms. The maximum absolute atomic E-state index is 11.6. The van der Waals surface area contributed by atoms with Crippen LogP contribution in [-0.4, -0.2) is 33.6 Å². The summed E-state index contributed by atoms with van der Waals surface area (Å²) in [7, 11) is 0. The van der Waals surface area contributed by atoms with Gasteiger partial charge in [-0.15, -0.1) is 0 Å². The fraction of sp³-hybridized carbons (Fsp3) is 0.133. The lowest BCUT2D eigenvalue weighted by molar-refractivity contribution is 0.0697. The molecule has 0 saturated carbocycles. The average molecular weight is 301 g/mol. The lowest BCUT2D eigenvalue weighted by Crippen LogP contribution is -2.16. The zero-order valence-electron chi connectivity index (χ0n) is 11.9. The van der Waals surface area contributed by atoms with Gasteiger partial charge in [-0.1, -0.05) is 12.7 Å². The Morgan fingerprint density at radius 3 is 2.68 bits per heavy atom. The number of amides is 1. The maximum Gasteiger partial charge on any atom is 0.413 e. The lowest BCUT2D eigenvalue weighted by atomic mass is 10.2. The zero-order valence-corrected chi connectivity index (χ0v) is 11.9. The van der Waals surface area contributed by atoms with E-state index >= 15 is 0 Å². The molecular weight excluding hydrogens is 286 g/mol. The van der Waals surface area contributed by atoms with Gasteiger partial charge in [-0.25, -0.2) is 14.3 Å². The second kappa shape index (κ2) is 6.57. The highest BCUT2D eigenvalue weighted by Gasteiger charge is 2.12. The van der Waals surface area contributed by atoms with Crippen LogP contribution >= 0.6 is 0 Å². The van der Waals surface area contributed by atoms with Crippen LogP contribution in [0.5, 0.6) is 0 Å². The van der Waals surface area contributed by atoms with E-state index in [2.05, 4.69) is 17.0 Å². The molecule has 0 fully saturated rings. The first-order valence-corrected chi connectivity index (χ1v) is 6.46. The smallest absolute Gasteiger partial charge is 0.413 e. The summed E-state index contributed by atoms with van der Waals surface area (Å²) in [5, 5.41) is 15.7. The van der Waals surface area contributed by atoms with Gasteiger partial charge in [-0.3, -0.25) is 5.32 Å². The molecule has 0 radical (unpaired) electrons. The van der Waals surface area contributed by atoms with Crippen LogP contribution in [0.4, 0.5) is 10.6 Å². The lowest BCUT2D eigenvalue weighted by Gasteiger charge is -2.09. The van der Waals surface area contributed by atoms with Gasteiger partial charge in [0.25, 0.3) is 0 Å². The van der Waals surface area contributed by atoms with E-state index in [-0.39, 0.29) is 12.2 Å². The van der Waals surface area contributed by atoms with Crippen LogP contribution < -0.4 is 5.32 Å². The van der Waals surface area contributed by atoms with Crippen molar-refractivity contribution < 1.29 is 19.4 Å². The zero-order chi connectivity index (χ0) is 16.1. The molecule has 0 atom stereocenters. The molecule has 1 amide bonds. The van der Waals surface area contributed by atoms with Crippen molar-refractivity contribution in [1.29, 1.82) is 0 Å². The van der Waals surface area contributed by atoms with Crippen molar-refractivity contribution in [2.75, 3.05) is 11.9 Å². The average Bonchev–Trinajstić information content (AvgIpc) is 2.85. The summed E-state index contributed by atoms with van der Waals surface area (Å²) in [5.41, 5.74) is 1.49. The van der Waals surface area contributed by atoms with Crippen LogP contribution in [0.25, 0.3) is 5.69 Å². The third-order valence-corrected chi connectivity index (χ3v) is 2.75. The van der Waals surface area contributed by atoms with E-state index < -0.39 is 12.1 Å². The number of ether oxygens (including phenoxy) is 1. The Morgan fingerprint density at radius 1 is 1.41 bits per heavy atom. The second-order valence-electron chi connectivity index (χ2n) is 4.45. The predicted octanol–water partition coefficient (Wildman–Crippen LogP) is 2.61. The highest BCUT2D eigenvalue weighted by atomic mass is 16.5. The Morgan fingerprint density at radius 2 is 2.09 bits per heavy atom. The number of nitrogens with one attached hydrogen (secondary N) is 1. The molecule has 1 aromatic heterocycles. The first-order valence-electron chi connectivity index (χ1n) is 6.46. The van der Waals surface area contributed by atoms with E-state index in [1.165, 1.54) is 22.9 Å². The minimum Gasteiger partial charge on any atom is -0.478 e. The summed E-state index contributed by atoms with van der Waals surface area (Å²) < 4.78 is 6.36. The van der Waals surface area contributed by atoms with Gasteiger partial charge in [0.1, 0.15) is 12.4 Å². The molecule has 22 heavy (non-hydrogen) atoms. The molecule has 114 valence electrons. The normalized spacial score (nSPS) is 10.0. The van der Waals surface area contributed by atoms with E-state index in [1.54, 1.807) is 25.1 Å².